The summed E-state index contributed by atoms with van der Waals surface area (Å²) in [5, 5.41) is 0. The number of ether oxygens (including phenoxy) is 1. The van der Waals surface area contributed by atoms with Crippen molar-refractivity contribution in [2.75, 3.05) is 0 Å². The van der Waals surface area contributed by atoms with Crippen LogP contribution < -0.4 is 0 Å². The molecule has 1 heterocycles. The average Bonchev–Trinajstić information content (AvgIpc) is 3.51. The number of amides is 2. The third-order valence-corrected chi connectivity index (χ3v) is 7.15. The molecule has 3 fully saturated rings. The van der Waals surface area contributed by atoms with Gasteiger partial charge in [0, 0.05) is 5.56 Å². The molecule has 150 valence electrons. The van der Waals surface area contributed by atoms with Crippen LogP contribution >= 0.6 is 0 Å². The van der Waals surface area contributed by atoms with Gasteiger partial charge in [-0.05, 0) is 43.9 Å². The molecule has 29 heavy (non-hydrogen) atoms. The minimum absolute atomic E-state index is 0.109. The maximum atomic E-state index is 13.1. The van der Waals surface area contributed by atoms with Crippen LogP contribution in [0, 0.1) is 35.5 Å². The van der Waals surface area contributed by atoms with E-state index in [0.29, 0.717) is 17.4 Å². The lowest BCUT2D eigenvalue weighted by Crippen LogP contribution is -2.46. The maximum absolute atomic E-state index is 13.1. The molecule has 0 aromatic heterocycles. The van der Waals surface area contributed by atoms with E-state index in [1.54, 1.807) is 30.3 Å². The number of ketones is 1. The van der Waals surface area contributed by atoms with E-state index in [-0.39, 0.29) is 41.3 Å². The smallest absolute Gasteiger partial charge is 0.329 e. The topological polar surface area (TPSA) is 80.8 Å². The quantitative estimate of drug-likeness (QED) is 0.332. The summed E-state index contributed by atoms with van der Waals surface area (Å²) >= 11 is 0. The normalized spacial score (nSPS) is 35.7. The van der Waals surface area contributed by atoms with Gasteiger partial charge in [-0.3, -0.25) is 19.3 Å². The van der Waals surface area contributed by atoms with Gasteiger partial charge in [0.15, 0.2) is 6.10 Å². The molecule has 6 rings (SSSR count). The monoisotopic (exact) mass is 393 g/mol. The zero-order valence-electron chi connectivity index (χ0n) is 16.4. The molecule has 6 nitrogen and oxygen atoms in total. The van der Waals surface area contributed by atoms with Crippen molar-refractivity contribution >= 4 is 23.6 Å². The molecule has 0 unspecified atom stereocenters. The number of carbonyl (C=O) groups is 4. The van der Waals surface area contributed by atoms with Crippen molar-refractivity contribution in [3.8, 4) is 0 Å². The van der Waals surface area contributed by atoms with Gasteiger partial charge < -0.3 is 4.74 Å². The molecule has 2 bridgehead atoms. The van der Waals surface area contributed by atoms with Crippen LogP contribution in [0.4, 0.5) is 0 Å². The van der Waals surface area contributed by atoms with E-state index in [4.69, 9.17) is 4.74 Å². The third kappa shape index (κ3) is 2.61. The van der Waals surface area contributed by atoms with E-state index >= 15 is 0 Å². The summed E-state index contributed by atoms with van der Waals surface area (Å²) in [5.74, 6) is -1.04. The van der Waals surface area contributed by atoms with E-state index in [1.165, 1.54) is 13.8 Å². The van der Waals surface area contributed by atoms with Crippen LogP contribution in [0.3, 0.4) is 0 Å². The zero-order valence-corrected chi connectivity index (χ0v) is 16.4. The van der Waals surface area contributed by atoms with Gasteiger partial charge in [-0.2, -0.15) is 0 Å². The van der Waals surface area contributed by atoms with Gasteiger partial charge in [0.1, 0.15) is 6.04 Å². The number of rotatable bonds is 5. The van der Waals surface area contributed by atoms with E-state index in [9.17, 15) is 19.2 Å². The lowest BCUT2D eigenvalue weighted by atomic mass is 9.63. The SMILES string of the molecule is C[C@@H](OC(=O)[C@H](C)N1C(=O)[C@@H]2[C@@H]3C=C[C@H]([C@H]4C[C@H]34)[C@@H]2C1=O)C(=O)c1ccccc1. The second kappa shape index (κ2) is 6.37. The Morgan fingerprint density at radius 2 is 1.52 bits per heavy atom. The van der Waals surface area contributed by atoms with E-state index in [0.717, 1.165) is 11.3 Å². The predicted molar refractivity (Wildman–Crippen MR) is 102 cm³/mol. The number of imide groups is 1. The highest BCUT2D eigenvalue weighted by molar-refractivity contribution is 6.09. The van der Waals surface area contributed by atoms with Crippen molar-refractivity contribution < 1.29 is 23.9 Å². The number of Topliss-reactive ketones (excluding diaryl/α,β-unsaturated/α-hetero) is 1. The van der Waals surface area contributed by atoms with Gasteiger partial charge in [-0.15, -0.1) is 0 Å². The van der Waals surface area contributed by atoms with Crippen LogP contribution in [0.25, 0.3) is 0 Å². The number of carbonyl (C=O) groups excluding carboxylic acids is 4. The molecule has 4 aliphatic carbocycles. The standard InChI is InChI=1S/C23H23NO5/c1-11(23(28)29-12(2)20(25)13-6-4-3-5-7-13)24-21(26)18-14-8-9-15(17-10-16(14)17)19(18)22(24)27/h3-9,11-12,14-19H,10H2,1-2H3/t11-,12+,14+,15+,16+,17+,18-,19+/m0/s1. The zero-order chi connectivity index (χ0) is 20.4. The number of allylic oxidation sites excluding steroid dienone is 2. The van der Waals surface area contributed by atoms with E-state index < -0.39 is 18.1 Å². The van der Waals surface area contributed by atoms with Crippen LogP contribution in [-0.4, -0.2) is 40.6 Å². The van der Waals surface area contributed by atoms with Crippen molar-refractivity contribution in [1.29, 1.82) is 0 Å². The summed E-state index contributed by atoms with van der Waals surface area (Å²) in [6.07, 6.45) is 4.29. The summed E-state index contributed by atoms with van der Waals surface area (Å²) in [7, 11) is 0. The molecule has 2 amide bonds. The summed E-state index contributed by atoms with van der Waals surface area (Å²) in [4.78, 5) is 52.4. The predicted octanol–water partition coefficient (Wildman–Crippen LogP) is 2.24. The third-order valence-electron chi connectivity index (χ3n) is 7.15. The fraction of sp³-hybridized carbons (Fsp3) is 0.478. The molecule has 2 saturated carbocycles. The average molecular weight is 393 g/mol. The Bertz CT molecular complexity index is 902. The van der Waals surface area contributed by atoms with Gasteiger partial charge in [0.2, 0.25) is 17.6 Å². The molecule has 0 N–H and O–H groups in total. The van der Waals surface area contributed by atoms with Gasteiger partial charge >= 0.3 is 5.97 Å². The summed E-state index contributed by atoms with van der Waals surface area (Å²) in [6.45, 7) is 3.01. The Labute approximate surface area is 168 Å². The van der Waals surface area contributed by atoms with Gasteiger partial charge in [-0.25, -0.2) is 4.79 Å². The largest absolute Gasteiger partial charge is 0.453 e. The highest BCUT2D eigenvalue weighted by Gasteiger charge is 2.67. The Morgan fingerprint density at radius 3 is 2.07 bits per heavy atom. The molecule has 1 saturated heterocycles. The Kier molecular flexibility index (Phi) is 4.02. The number of esters is 1. The van der Waals surface area contributed by atoms with Crippen molar-refractivity contribution in [3.05, 3.63) is 48.0 Å². The summed E-state index contributed by atoms with van der Waals surface area (Å²) in [6, 6.07) is 7.54. The van der Waals surface area contributed by atoms with E-state index in [1.807, 2.05) is 0 Å². The number of likely N-dealkylation sites (tertiary alicyclic amines) is 1. The second-order valence-electron chi connectivity index (χ2n) is 8.69. The number of benzene rings is 1. The van der Waals surface area contributed by atoms with Gasteiger partial charge in [-0.1, -0.05) is 42.5 Å². The summed E-state index contributed by atoms with van der Waals surface area (Å²) in [5.41, 5.74) is 0.446. The van der Waals surface area contributed by atoms with Crippen molar-refractivity contribution in [2.45, 2.75) is 32.4 Å². The number of hydrogen-bond acceptors (Lipinski definition) is 5. The Morgan fingerprint density at radius 1 is 0.966 bits per heavy atom. The first-order valence-corrected chi connectivity index (χ1v) is 10.2. The molecule has 1 aromatic rings. The maximum Gasteiger partial charge on any atom is 0.329 e. The molecule has 5 aliphatic rings. The lowest BCUT2D eigenvalue weighted by molar-refractivity contribution is -0.160. The molecule has 6 heteroatoms. The molecule has 1 aromatic carbocycles. The highest BCUT2D eigenvalue weighted by Crippen LogP contribution is 2.65. The fourth-order valence-electron chi connectivity index (χ4n) is 5.63. The number of hydrogen-bond donors (Lipinski definition) is 0. The van der Waals surface area contributed by atoms with Crippen molar-refractivity contribution in [2.24, 2.45) is 35.5 Å². The van der Waals surface area contributed by atoms with Crippen LogP contribution in [-0.2, 0) is 19.1 Å². The van der Waals surface area contributed by atoms with Crippen LogP contribution in [0.5, 0.6) is 0 Å². The minimum Gasteiger partial charge on any atom is -0.453 e. The molecule has 8 atom stereocenters. The first kappa shape index (κ1) is 18.3. The van der Waals surface area contributed by atoms with Gasteiger partial charge in [0.05, 0.1) is 11.8 Å². The second-order valence-corrected chi connectivity index (χ2v) is 8.69. The fourth-order valence-corrected chi connectivity index (χ4v) is 5.63. The van der Waals surface area contributed by atoms with Crippen LogP contribution in [0.2, 0.25) is 0 Å². The highest BCUT2D eigenvalue weighted by atomic mass is 16.5. The molecular weight excluding hydrogens is 370 g/mol. The van der Waals surface area contributed by atoms with Crippen LogP contribution in [0.15, 0.2) is 42.5 Å². The molecule has 0 spiro atoms. The van der Waals surface area contributed by atoms with E-state index in [2.05, 4.69) is 12.2 Å². The lowest BCUT2D eigenvalue weighted by Gasteiger charge is -2.37. The minimum atomic E-state index is -1.04. The van der Waals surface area contributed by atoms with Gasteiger partial charge in [0.25, 0.3) is 0 Å². The number of nitrogens with zero attached hydrogens (tertiary/aromatic N) is 1. The molecule has 0 radical (unpaired) electrons. The van der Waals surface area contributed by atoms with Crippen molar-refractivity contribution in [1.82, 2.24) is 4.90 Å². The van der Waals surface area contributed by atoms with Crippen molar-refractivity contribution in [3.63, 3.8) is 0 Å². The molecular formula is C23H23NO5. The first-order chi connectivity index (χ1) is 13.9. The Hall–Kier alpha value is -2.76. The summed E-state index contributed by atoms with van der Waals surface area (Å²) < 4.78 is 5.34. The van der Waals surface area contributed by atoms with Crippen LogP contribution in [0.1, 0.15) is 30.6 Å². The Balaban J connectivity index is 1.30. The molecule has 1 aliphatic heterocycles. The first-order valence-electron chi connectivity index (χ1n) is 10.2.